The van der Waals surface area contributed by atoms with Gasteiger partial charge in [-0.1, -0.05) is 12.1 Å². The van der Waals surface area contributed by atoms with Gasteiger partial charge in [0.25, 0.3) is 0 Å². The fraction of sp³-hybridized carbons (Fsp3) is 0.571. The van der Waals surface area contributed by atoms with Gasteiger partial charge in [0.05, 0.1) is 15.7 Å². The van der Waals surface area contributed by atoms with E-state index in [0.717, 1.165) is 11.0 Å². The average molecular weight is 521 g/mol. The van der Waals surface area contributed by atoms with Gasteiger partial charge in [-0.15, -0.1) is 0 Å². The molecule has 1 unspecified atom stereocenters. The standard InChI is InChI=1S/C21H32N2O9S2/c1-14(22(8)18(25)30-20(2,3)4)17(24)32-23(19(26)31-21(5,6)7)34(28,29)16-13-11-10-12-15(16)33(9)27/h10-14H,1-9H3/t14-,33?/m1/s1. The fourth-order valence-electron chi connectivity index (χ4n) is 2.28. The molecule has 0 saturated heterocycles. The molecule has 0 heterocycles. The van der Waals surface area contributed by atoms with E-state index in [0.29, 0.717) is 0 Å². The summed E-state index contributed by atoms with van der Waals surface area (Å²) in [7, 11) is -5.36. The molecule has 192 valence electrons. The quantitative estimate of drug-likeness (QED) is 0.536. The first-order valence-electron chi connectivity index (χ1n) is 10.2. The highest BCUT2D eigenvalue weighted by Crippen LogP contribution is 2.25. The highest BCUT2D eigenvalue weighted by atomic mass is 32.2. The summed E-state index contributed by atoms with van der Waals surface area (Å²) in [5.74, 6) is -1.25. The highest BCUT2D eigenvalue weighted by Gasteiger charge is 2.40. The number of likely N-dealkylation sites (N-methyl/N-ethyl adjacent to an activating group) is 1. The van der Waals surface area contributed by atoms with Crippen LogP contribution in [0.15, 0.2) is 34.1 Å². The number of rotatable bonds is 5. The van der Waals surface area contributed by atoms with Crippen molar-refractivity contribution in [3.8, 4) is 0 Å². The van der Waals surface area contributed by atoms with Crippen LogP contribution >= 0.6 is 0 Å². The third-order valence-electron chi connectivity index (χ3n) is 3.97. The van der Waals surface area contributed by atoms with Crippen molar-refractivity contribution in [2.45, 2.75) is 75.5 Å². The number of carbonyl (C=O) groups is 3. The van der Waals surface area contributed by atoms with E-state index in [-0.39, 0.29) is 9.36 Å². The summed E-state index contributed by atoms with van der Waals surface area (Å²) < 4.78 is 48.9. The smallest absolute Gasteiger partial charge is 0.444 e. The maximum Gasteiger partial charge on any atom is 0.459 e. The number of amides is 2. The summed E-state index contributed by atoms with van der Waals surface area (Å²) in [4.78, 5) is 43.1. The van der Waals surface area contributed by atoms with E-state index >= 15 is 0 Å². The molecule has 0 bridgehead atoms. The van der Waals surface area contributed by atoms with Crippen LogP contribution in [0.1, 0.15) is 48.5 Å². The molecular formula is C21H32N2O9S2. The number of nitrogens with zero attached hydrogens (tertiary/aromatic N) is 2. The molecule has 34 heavy (non-hydrogen) atoms. The van der Waals surface area contributed by atoms with Gasteiger partial charge in [0, 0.05) is 13.3 Å². The van der Waals surface area contributed by atoms with Crippen molar-refractivity contribution in [3.05, 3.63) is 24.3 Å². The molecule has 11 nitrogen and oxygen atoms in total. The molecule has 13 heteroatoms. The molecule has 0 aliphatic rings. The van der Waals surface area contributed by atoms with Crippen molar-refractivity contribution >= 4 is 39.0 Å². The van der Waals surface area contributed by atoms with Crippen molar-refractivity contribution in [2.24, 2.45) is 0 Å². The first-order chi connectivity index (χ1) is 15.3. The Morgan fingerprint density at radius 3 is 1.88 bits per heavy atom. The topological polar surface area (TPSA) is 137 Å². The van der Waals surface area contributed by atoms with Crippen LogP contribution in [0.4, 0.5) is 9.59 Å². The monoisotopic (exact) mass is 520 g/mol. The van der Waals surface area contributed by atoms with Gasteiger partial charge in [-0.05, 0) is 65.1 Å². The summed E-state index contributed by atoms with van der Waals surface area (Å²) in [5.41, 5.74) is -1.98. The summed E-state index contributed by atoms with van der Waals surface area (Å²) in [6, 6.07) is 3.91. The predicted octanol–water partition coefficient (Wildman–Crippen LogP) is 3.06. The second-order valence-corrected chi connectivity index (χ2v) is 12.4. The number of hydrogen-bond donors (Lipinski definition) is 0. The number of ether oxygens (including phenoxy) is 2. The van der Waals surface area contributed by atoms with Crippen LogP contribution < -0.4 is 0 Å². The van der Waals surface area contributed by atoms with Crippen LogP contribution in [0.3, 0.4) is 0 Å². The number of hydrogen-bond acceptors (Lipinski definition) is 9. The van der Waals surface area contributed by atoms with Crippen molar-refractivity contribution in [2.75, 3.05) is 13.3 Å². The Hall–Kier alpha value is -2.67. The molecule has 1 aromatic rings. The number of sulfonamides is 1. The molecule has 0 N–H and O–H groups in total. The zero-order chi connectivity index (χ0) is 26.6. The molecule has 0 saturated carbocycles. The predicted molar refractivity (Wildman–Crippen MR) is 124 cm³/mol. The Balaban J connectivity index is 3.39. The van der Waals surface area contributed by atoms with Crippen molar-refractivity contribution in [1.82, 2.24) is 9.37 Å². The lowest BCUT2D eigenvalue weighted by molar-refractivity contribution is -0.172. The number of benzene rings is 1. The van der Waals surface area contributed by atoms with Crippen LogP contribution in [0.5, 0.6) is 0 Å². The van der Waals surface area contributed by atoms with Crippen LogP contribution in [0, 0.1) is 0 Å². The Kier molecular flexibility index (Phi) is 9.26. The van der Waals surface area contributed by atoms with E-state index in [1.807, 2.05) is 0 Å². The third-order valence-corrected chi connectivity index (χ3v) is 6.65. The maximum absolute atomic E-state index is 13.3. The van der Waals surface area contributed by atoms with Crippen LogP contribution in [0.2, 0.25) is 0 Å². The van der Waals surface area contributed by atoms with Gasteiger partial charge in [0.2, 0.25) is 0 Å². The average Bonchev–Trinajstić information content (AvgIpc) is 2.67. The lowest BCUT2D eigenvalue weighted by atomic mass is 10.2. The molecule has 0 aliphatic carbocycles. The lowest BCUT2D eigenvalue weighted by Crippen LogP contribution is -2.48. The molecule has 2 atom stereocenters. The highest BCUT2D eigenvalue weighted by molar-refractivity contribution is 7.91. The van der Waals surface area contributed by atoms with Crippen molar-refractivity contribution in [1.29, 1.82) is 0 Å². The second-order valence-electron chi connectivity index (χ2n) is 9.29. The molecule has 1 aromatic carbocycles. The molecule has 0 fully saturated rings. The van der Waals surface area contributed by atoms with E-state index in [1.54, 1.807) is 20.8 Å². The molecular weight excluding hydrogens is 488 g/mol. The normalized spacial score (nSPS) is 13.9. The van der Waals surface area contributed by atoms with Crippen LogP contribution in [0.25, 0.3) is 0 Å². The largest absolute Gasteiger partial charge is 0.459 e. The Morgan fingerprint density at radius 2 is 1.41 bits per heavy atom. The van der Waals surface area contributed by atoms with Crippen LogP contribution in [-0.4, -0.2) is 70.7 Å². The van der Waals surface area contributed by atoms with Gasteiger partial charge >= 0.3 is 28.2 Å². The number of hydroxylamine groups is 1. The zero-order valence-corrected chi connectivity index (χ0v) is 22.4. The van der Waals surface area contributed by atoms with E-state index in [9.17, 15) is 27.0 Å². The van der Waals surface area contributed by atoms with E-state index in [1.165, 1.54) is 59.2 Å². The third kappa shape index (κ3) is 7.97. The first-order valence-corrected chi connectivity index (χ1v) is 13.2. The van der Waals surface area contributed by atoms with Crippen molar-refractivity contribution in [3.63, 3.8) is 0 Å². The molecule has 0 aromatic heterocycles. The summed E-state index contributed by atoms with van der Waals surface area (Å²) in [6.07, 6.45) is -1.10. The minimum atomic E-state index is -4.86. The van der Waals surface area contributed by atoms with Gasteiger partial charge in [-0.3, -0.25) is 9.11 Å². The van der Waals surface area contributed by atoms with Gasteiger partial charge in [-0.2, -0.15) is 8.42 Å². The van der Waals surface area contributed by atoms with Crippen molar-refractivity contribution < 1.29 is 41.3 Å². The van der Waals surface area contributed by atoms with Gasteiger partial charge in [0.15, 0.2) is 0 Å². The van der Waals surface area contributed by atoms with E-state index < -0.39 is 61.1 Å². The molecule has 1 rings (SSSR count). The van der Waals surface area contributed by atoms with E-state index in [2.05, 4.69) is 0 Å². The van der Waals surface area contributed by atoms with E-state index in [4.69, 9.17) is 14.3 Å². The molecule has 0 aliphatic heterocycles. The zero-order valence-electron chi connectivity index (χ0n) is 20.8. The van der Waals surface area contributed by atoms with Gasteiger partial charge < -0.3 is 14.3 Å². The maximum atomic E-state index is 13.3. The minimum Gasteiger partial charge on any atom is -0.444 e. The molecule has 2 amide bonds. The summed E-state index contributed by atoms with van der Waals surface area (Å²) >= 11 is 0. The molecule has 0 radical (unpaired) electrons. The Labute approximate surface area is 202 Å². The fourth-order valence-corrected chi connectivity index (χ4v) is 4.73. The Morgan fingerprint density at radius 1 is 0.941 bits per heavy atom. The minimum absolute atomic E-state index is 0.106. The second kappa shape index (κ2) is 10.7. The van der Waals surface area contributed by atoms with Gasteiger partial charge in [0.1, 0.15) is 22.1 Å². The lowest BCUT2D eigenvalue weighted by Gasteiger charge is -2.29. The number of carbonyl (C=O) groups excluding carboxylic acids is 3. The van der Waals surface area contributed by atoms with Crippen LogP contribution in [-0.2, 0) is 39.9 Å². The van der Waals surface area contributed by atoms with Gasteiger partial charge in [-0.25, -0.2) is 14.4 Å². The first kappa shape index (κ1) is 29.4. The Bertz CT molecular complexity index is 1060. The summed E-state index contributed by atoms with van der Waals surface area (Å²) in [5, 5.41) is 0. The molecule has 0 spiro atoms. The summed E-state index contributed by atoms with van der Waals surface area (Å²) in [6.45, 7) is 10.6. The SMILES string of the molecule is C[C@H](C(=O)ON(C(=O)OC(C)(C)C)S(=O)(=O)c1ccccc1S(C)=O)N(C)C(=O)OC(C)(C)C.